The van der Waals surface area contributed by atoms with Crippen molar-refractivity contribution in [1.29, 1.82) is 0 Å². The van der Waals surface area contributed by atoms with Gasteiger partial charge in [0.05, 0.1) is 6.07 Å². The maximum atomic E-state index is 12.9. The highest BCUT2D eigenvalue weighted by molar-refractivity contribution is 7.57. The van der Waals surface area contributed by atoms with Gasteiger partial charge in [0.15, 0.2) is 0 Å². The van der Waals surface area contributed by atoms with Gasteiger partial charge >= 0.3 is 5.88 Å². The van der Waals surface area contributed by atoms with E-state index in [2.05, 4.69) is 5.09 Å². The third kappa shape index (κ3) is 4.76. The summed E-state index contributed by atoms with van der Waals surface area (Å²) in [5, 5.41) is 13.6. The van der Waals surface area contributed by atoms with Gasteiger partial charge in [0, 0.05) is 12.2 Å². The molecule has 124 valence electrons. The lowest BCUT2D eigenvalue weighted by atomic mass is 10.2. The van der Waals surface area contributed by atoms with Gasteiger partial charge in [0.25, 0.3) is 7.52 Å². The molecule has 0 aliphatic heterocycles. The van der Waals surface area contributed by atoms with Gasteiger partial charge in [-0.2, -0.15) is 0 Å². The molecule has 23 heavy (non-hydrogen) atoms. The molecule has 1 atom stereocenters. The second-order valence-corrected chi connectivity index (χ2v) is 8.08. The largest absolute Gasteiger partial charge is 0.433 e. The van der Waals surface area contributed by atoms with E-state index in [0.717, 1.165) is 5.56 Å². The molecule has 2 rings (SSSR count). The van der Waals surface area contributed by atoms with E-state index in [4.69, 9.17) is 8.94 Å². The zero-order valence-electron chi connectivity index (χ0n) is 13.0. The minimum Gasteiger partial charge on any atom is -0.403 e. The van der Waals surface area contributed by atoms with Gasteiger partial charge in [-0.15, -0.1) is 0 Å². The maximum Gasteiger partial charge on any atom is 0.433 e. The Bertz CT molecular complexity index is 699. The normalized spacial score (nSPS) is 13.9. The number of benzene rings is 1. The molecule has 0 radical (unpaired) electrons. The Morgan fingerprint density at radius 1 is 1.26 bits per heavy atom. The fourth-order valence-electron chi connectivity index (χ4n) is 1.88. The predicted molar refractivity (Wildman–Crippen MR) is 86.2 cm³/mol. The number of rotatable bonds is 8. The van der Waals surface area contributed by atoms with E-state index >= 15 is 0 Å². The summed E-state index contributed by atoms with van der Waals surface area (Å²) in [6.45, 7) is 3.91. The summed E-state index contributed by atoms with van der Waals surface area (Å²) in [6.07, 6.45) is 0. The van der Waals surface area contributed by atoms with Crippen molar-refractivity contribution < 1.29 is 18.4 Å². The topological polar surface area (TPSA) is 94.6 Å². The highest BCUT2D eigenvalue weighted by Gasteiger charge is 2.28. The van der Waals surface area contributed by atoms with Crippen molar-refractivity contribution >= 4 is 13.4 Å². The lowest BCUT2D eigenvalue weighted by molar-refractivity contribution is -0.402. The summed E-state index contributed by atoms with van der Waals surface area (Å²) >= 11 is 0. The quantitative estimate of drug-likeness (QED) is 0.442. The molecule has 0 saturated carbocycles. The predicted octanol–water partition coefficient (Wildman–Crippen LogP) is 4.10. The molecule has 0 bridgehead atoms. The molecule has 0 amide bonds. The molecule has 0 fully saturated rings. The van der Waals surface area contributed by atoms with Crippen LogP contribution in [-0.4, -0.2) is 10.6 Å². The Kier molecular flexibility index (Phi) is 5.71. The molecule has 0 aliphatic carbocycles. The number of nitrogens with one attached hydrogen (secondary N) is 1. The number of hydrogen-bond donors (Lipinski definition) is 1. The molecule has 1 aromatic heterocycles. The molecule has 0 saturated heterocycles. The Hall–Kier alpha value is -1.95. The Morgan fingerprint density at radius 3 is 2.52 bits per heavy atom. The molecule has 1 heterocycles. The van der Waals surface area contributed by atoms with Gasteiger partial charge in [-0.05, 0) is 11.6 Å². The van der Waals surface area contributed by atoms with Gasteiger partial charge in [-0.25, -0.2) is 5.09 Å². The molecule has 8 heteroatoms. The van der Waals surface area contributed by atoms with Crippen molar-refractivity contribution in [2.24, 2.45) is 0 Å². The van der Waals surface area contributed by atoms with Crippen LogP contribution in [0.15, 0.2) is 46.9 Å². The van der Waals surface area contributed by atoms with E-state index < -0.39 is 12.4 Å². The van der Waals surface area contributed by atoms with E-state index in [1.807, 2.05) is 30.3 Å². The van der Waals surface area contributed by atoms with Crippen LogP contribution in [0, 0.1) is 10.1 Å². The third-order valence-electron chi connectivity index (χ3n) is 3.25. The molecule has 1 unspecified atom stereocenters. The zero-order valence-corrected chi connectivity index (χ0v) is 13.9. The molecule has 0 spiro atoms. The minimum absolute atomic E-state index is 0.0922. The molecule has 7 nitrogen and oxygen atoms in total. The standard InChI is InChI=1S/C15H19N2O5P/c1-12(2)23(20,16-10-13-6-4-3-5-7-13)21-11-14-8-9-15(22-14)17(18)19/h3-9,12H,10-11H2,1-2H3,(H,16,20). The second kappa shape index (κ2) is 7.55. The monoisotopic (exact) mass is 338 g/mol. The summed E-state index contributed by atoms with van der Waals surface area (Å²) < 4.78 is 23.4. The minimum atomic E-state index is -3.12. The summed E-state index contributed by atoms with van der Waals surface area (Å²) in [7, 11) is -3.12. The van der Waals surface area contributed by atoms with Gasteiger partial charge in [0.1, 0.15) is 17.3 Å². The lowest BCUT2D eigenvalue weighted by Crippen LogP contribution is -2.18. The highest BCUT2D eigenvalue weighted by atomic mass is 31.2. The lowest BCUT2D eigenvalue weighted by Gasteiger charge is -2.22. The fraction of sp³-hybridized carbons (Fsp3) is 0.333. The number of nitrogens with zero attached hydrogens (tertiary/aromatic N) is 1. The average Bonchev–Trinajstić information content (AvgIpc) is 3.01. The zero-order chi connectivity index (χ0) is 16.9. The second-order valence-electron chi connectivity index (χ2n) is 5.28. The SMILES string of the molecule is CC(C)P(=O)(NCc1ccccc1)OCc1ccc([N+](=O)[O-])o1. The number of furan rings is 1. The first-order chi connectivity index (χ1) is 10.9. The van der Waals surface area contributed by atoms with Gasteiger partial charge in [-0.3, -0.25) is 14.7 Å². The van der Waals surface area contributed by atoms with E-state index in [-0.39, 0.29) is 23.9 Å². The summed E-state index contributed by atoms with van der Waals surface area (Å²) in [5.41, 5.74) is 0.752. The van der Waals surface area contributed by atoms with Crippen LogP contribution in [0.5, 0.6) is 0 Å². The molecule has 1 aromatic carbocycles. The van der Waals surface area contributed by atoms with Gasteiger partial charge < -0.3 is 8.94 Å². The van der Waals surface area contributed by atoms with E-state index in [1.165, 1.54) is 12.1 Å². The van der Waals surface area contributed by atoms with E-state index in [0.29, 0.717) is 6.54 Å². The van der Waals surface area contributed by atoms with Crippen LogP contribution in [0.25, 0.3) is 0 Å². The van der Waals surface area contributed by atoms with Crippen molar-refractivity contribution in [2.75, 3.05) is 0 Å². The van der Waals surface area contributed by atoms with Gasteiger partial charge in [-0.1, -0.05) is 44.2 Å². The van der Waals surface area contributed by atoms with Crippen LogP contribution in [0.4, 0.5) is 5.88 Å². The van der Waals surface area contributed by atoms with Crippen molar-refractivity contribution in [3.63, 3.8) is 0 Å². The Morgan fingerprint density at radius 2 is 1.96 bits per heavy atom. The molecule has 2 aromatic rings. The smallest absolute Gasteiger partial charge is 0.403 e. The van der Waals surface area contributed by atoms with Gasteiger partial charge in [0.2, 0.25) is 0 Å². The van der Waals surface area contributed by atoms with Crippen molar-refractivity contribution in [2.45, 2.75) is 32.7 Å². The number of nitro groups is 1. The Balaban J connectivity index is 1.99. The van der Waals surface area contributed by atoms with Crippen molar-refractivity contribution in [3.05, 3.63) is 63.9 Å². The first kappa shape index (κ1) is 17.4. The molecule has 0 aliphatic rings. The molecule has 1 N–H and O–H groups in total. The van der Waals surface area contributed by atoms with Crippen LogP contribution < -0.4 is 5.09 Å². The van der Waals surface area contributed by atoms with Crippen molar-refractivity contribution in [1.82, 2.24) is 5.09 Å². The summed E-state index contributed by atoms with van der Waals surface area (Å²) in [4.78, 5) is 9.96. The third-order valence-corrected chi connectivity index (χ3v) is 5.72. The van der Waals surface area contributed by atoms with Crippen LogP contribution >= 0.6 is 7.52 Å². The highest BCUT2D eigenvalue weighted by Crippen LogP contribution is 2.48. The van der Waals surface area contributed by atoms with E-state index in [1.54, 1.807) is 13.8 Å². The van der Waals surface area contributed by atoms with E-state index in [9.17, 15) is 14.7 Å². The Labute approximate surface area is 134 Å². The van der Waals surface area contributed by atoms with Crippen LogP contribution in [-0.2, 0) is 22.2 Å². The molecular formula is C15H19N2O5P. The average molecular weight is 338 g/mol. The first-order valence-corrected chi connectivity index (χ1v) is 8.86. The number of hydrogen-bond acceptors (Lipinski definition) is 5. The fourth-order valence-corrected chi connectivity index (χ4v) is 3.35. The van der Waals surface area contributed by atoms with Crippen LogP contribution in [0.3, 0.4) is 0 Å². The van der Waals surface area contributed by atoms with Crippen molar-refractivity contribution in [3.8, 4) is 0 Å². The molecular weight excluding hydrogens is 319 g/mol. The van der Waals surface area contributed by atoms with Crippen LogP contribution in [0.1, 0.15) is 25.2 Å². The summed E-state index contributed by atoms with van der Waals surface area (Å²) in [5.74, 6) is -0.0979. The maximum absolute atomic E-state index is 12.9. The van der Waals surface area contributed by atoms with Crippen LogP contribution in [0.2, 0.25) is 0 Å². The first-order valence-electron chi connectivity index (χ1n) is 7.17. The summed E-state index contributed by atoms with van der Waals surface area (Å²) in [6, 6.07) is 12.3.